The van der Waals surface area contributed by atoms with Crippen LogP contribution < -0.4 is 5.11 Å². The summed E-state index contributed by atoms with van der Waals surface area (Å²) in [4.78, 5) is 40.3. The van der Waals surface area contributed by atoms with Crippen LogP contribution in [0.5, 0.6) is 0 Å². The molecule has 7 heteroatoms. The lowest BCUT2D eigenvalue weighted by molar-refractivity contribution is -0.310. The van der Waals surface area contributed by atoms with Crippen LogP contribution >= 0.6 is 0 Å². The first-order valence-corrected chi connectivity index (χ1v) is 9.45. The van der Waals surface area contributed by atoms with Gasteiger partial charge in [0, 0.05) is 37.4 Å². The topological polar surface area (TPSA) is 90.0 Å². The van der Waals surface area contributed by atoms with Crippen LogP contribution in [-0.2, 0) is 14.3 Å². The molecule has 1 aromatic rings. The van der Waals surface area contributed by atoms with Crippen LogP contribution in [0.3, 0.4) is 0 Å². The lowest BCUT2D eigenvalue weighted by Gasteiger charge is -2.45. The number of amides is 2. The third-order valence-corrected chi connectivity index (χ3v) is 5.83. The number of rotatable bonds is 3. The molecule has 1 spiro atoms. The van der Waals surface area contributed by atoms with E-state index in [4.69, 9.17) is 4.74 Å². The standard InChI is InChI=1S/C20H24N2O5/c1-13-2-4-15(5-3-13)18(24)22-16(19(25)26)12-27-20(22)8-10-21(11-9-20)17(23)14-6-7-14/h2-5,14,16H,6-12H2,1H3,(H,25,26)/p-1/t16-/m0/s1. The number of benzene rings is 1. The third kappa shape index (κ3) is 3.20. The molecule has 0 bridgehead atoms. The van der Waals surface area contributed by atoms with Gasteiger partial charge < -0.3 is 19.5 Å². The van der Waals surface area contributed by atoms with E-state index >= 15 is 0 Å². The first kappa shape index (κ1) is 18.0. The van der Waals surface area contributed by atoms with Gasteiger partial charge in [-0.2, -0.15) is 0 Å². The van der Waals surface area contributed by atoms with Crippen molar-refractivity contribution in [2.45, 2.75) is 44.4 Å². The first-order chi connectivity index (χ1) is 12.9. The number of hydrogen-bond acceptors (Lipinski definition) is 5. The second-order valence-electron chi connectivity index (χ2n) is 7.73. The van der Waals surface area contributed by atoms with Crippen molar-refractivity contribution < 1.29 is 24.2 Å². The number of carbonyl (C=O) groups is 3. The van der Waals surface area contributed by atoms with Crippen LogP contribution in [0.4, 0.5) is 0 Å². The van der Waals surface area contributed by atoms with Gasteiger partial charge in [-0.25, -0.2) is 0 Å². The molecule has 3 fully saturated rings. The summed E-state index contributed by atoms with van der Waals surface area (Å²) < 4.78 is 5.88. The maximum atomic E-state index is 13.2. The third-order valence-electron chi connectivity index (χ3n) is 5.83. The Balaban J connectivity index is 1.57. The Labute approximate surface area is 157 Å². The largest absolute Gasteiger partial charge is 0.548 e. The molecule has 1 atom stereocenters. The van der Waals surface area contributed by atoms with Crippen molar-refractivity contribution in [3.8, 4) is 0 Å². The number of carboxylic acid groups (broad SMARTS) is 1. The van der Waals surface area contributed by atoms with E-state index in [2.05, 4.69) is 0 Å². The predicted molar refractivity (Wildman–Crippen MR) is 93.4 cm³/mol. The van der Waals surface area contributed by atoms with Crippen LogP contribution in [0.2, 0.25) is 0 Å². The molecular weight excluding hydrogens is 348 g/mol. The van der Waals surface area contributed by atoms with E-state index in [0.717, 1.165) is 18.4 Å². The average Bonchev–Trinajstić information content (AvgIpc) is 3.44. The minimum atomic E-state index is -1.32. The maximum Gasteiger partial charge on any atom is 0.256 e. The van der Waals surface area contributed by atoms with Gasteiger partial charge in [-0.15, -0.1) is 0 Å². The number of piperidine rings is 1. The van der Waals surface area contributed by atoms with Gasteiger partial charge >= 0.3 is 0 Å². The van der Waals surface area contributed by atoms with Gasteiger partial charge in [0.2, 0.25) is 5.91 Å². The van der Waals surface area contributed by atoms with Gasteiger partial charge in [0.25, 0.3) is 5.91 Å². The quantitative estimate of drug-likeness (QED) is 0.763. The summed E-state index contributed by atoms with van der Waals surface area (Å²) in [5.41, 5.74) is 0.447. The molecular formula is C20H23N2O5-. The summed E-state index contributed by atoms with van der Waals surface area (Å²) >= 11 is 0. The van der Waals surface area contributed by atoms with Gasteiger partial charge in [-0.3, -0.25) is 14.5 Å². The lowest BCUT2D eigenvalue weighted by atomic mass is 9.96. The smallest absolute Gasteiger partial charge is 0.256 e. The van der Waals surface area contributed by atoms with E-state index in [-0.39, 0.29) is 24.3 Å². The molecule has 27 heavy (non-hydrogen) atoms. The highest BCUT2D eigenvalue weighted by Gasteiger charge is 2.53. The van der Waals surface area contributed by atoms with Crippen molar-refractivity contribution in [2.24, 2.45) is 5.92 Å². The maximum absolute atomic E-state index is 13.2. The number of carbonyl (C=O) groups excluding carboxylic acids is 3. The molecule has 2 aliphatic heterocycles. The van der Waals surface area contributed by atoms with E-state index in [9.17, 15) is 19.5 Å². The van der Waals surface area contributed by atoms with Gasteiger partial charge in [0.1, 0.15) is 5.72 Å². The minimum Gasteiger partial charge on any atom is -0.548 e. The molecule has 4 rings (SSSR count). The molecule has 2 heterocycles. The van der Waals surface area contributed by atoms with E-state index in [1.165, 1.54) is 4.90 Å². The number of carboxylic acids is 1. The minimum absolute atomic E-state index is 0.0868. The number of nitrogens with zero attached hydrogens (tertiary/aromatic N) is 2. The monoisotopic (exact) mass is 371 g/mol. The zero-order valence-electron chi connectivity index (χ0n) is 15.3. The van der Waals surface area contributed by atoms with Crippen LogP contribution in [0.15, 0.2) is 24.3 Å². The van der Waals surface area contributed by atoms with Crippen LogP contribution in [-0.4, -0.2) is 59.0 Å². The van der Waals surface area contributed by atoms with E-state index < -0.39 is 17.7 Å². The summed E-state index contributed by atoms with van der Waals surface area (Å²) in [6, 6.07) is 5.91. The number of likely N-dealkylation sites (tertiary alicyclic amines) is 1. The van der Waals surface area contributed by atoms with Crippen molar-refractivity contribution in [2.75, 3.05) is 19.7 Å². The van der Waals surface area contributed by atoms with Crippen molar-refractivity contribution in [3.05, 3.63) is 35.4 Å². The number of aryl methyl sites for hydroxylation is 1. The average molecular weight is 371 g/mol. The number of hydrogen-bond donors (Lipinski definition) is 0. The highest BCUT2D eigenvalue weighted by Crippen LogP contribution is 2.40. The molecule has 3 aliphatic rings. The van der Waals surface area contributed by atoms with Gasteiger partial charge in [-0.1, -0.05) is 17.7 Å². The highest BCUT2D eigenvalue weighted by molar-refractivity contribution is 5.97. The Hall–Kier alpha value is -2.41. The zero-order valence-corrected chi connectivity index (χ0v) is 15.3. The van der Waals surface area contributed by atoms with Crippen LogP contribution in [0.25, 0.3) is 0 Å². The van der Waals surface area contributed by atoms with Crippen molar-refractivity contribution in [1.29, 1.82) is 0 Å². The molecule has 1 saturated carbocycles. The Morgan fingerprint density at radius 3 is 2.30 bits per heavy atom. The molecule has 7 nitrogen and oxygen atoms in total. The van der Waals surface area contributed by atoms with Crippen LogP contribution in [0.1, 0.15) is 41.6 Å². The van der Waals surface area contributed by atoms with E-state index in [0.29, 0.717) is 31.5 Å². The van der Waals surface area contributed by atoms with Crippen LogP contribution in [0, 0.1) is 12.8 Å². The Bertz CT molecular complexity index is 763. The Morgan fingerprint density at radius 1 is 1.11 bits per heavy atom. The molecule has 2 saturated heterocycles. The Morgan fingerprint density at radius 2 is 1.74 bits per heavy atom. The summed E-state index contributed by atoms with van der Waals surface area (Å²) in [6.45, 7) is 2.77. The van der Waals surface area contributed by atoms with Crippen molar-refractivity contribution in [1.82, 2.24) is 9.80 Å². The van der Waals surface area contributed by atoms with Gasteiger partial charge in [-0.05, 0) is 31.9 Å². The lowest BCUT2D eigenvalue weighted by Crippen LogP contribution is -2.60. The molecule has 1 aromatic carbocycles. The van der Waals surface area contributed by atoms with Crippen molar-refractivity contribution in [3.63, 3.8) is 0 Å². The molecule has 0 unspecified atom stereocenters. The van der Waals surface area contributed by atoms with Crippen molar-refractivity contribution >= 4 is 17.8 Å². The summed E-state index contributed by atoms with van der Waals surface area (Å²) in [5.74, 6) is -1.38. The highest BCUT2D eigenvalue weighted by atomic mass is 16.5. The fraction of sp³-hybridized carbons (Fsp3) is 0.550. The summed E-state index contributed by atoms with van der Waals surface area (Å²) in [6.07, 6.45) is 2.71. The predicted octanol–water partition coefficient (Wildman–Crippen LogP) is 0.315. The first-order valence-electron chi connectivity index (χ1n) is 9.45. The second kappa shape index (κ2) is 6.64. The zero-order chi connectivity index (χ0) is 19.2. The number of aliphatic carboxylic acids is 1. The van der Waals surface area contributed by atoms with E-state index in [1.54, 1.807) is 12.1 Å². The molecule has 0 aromatic heterocycles. The summed E-state index contributed by atoms with van der Waals surface area (Å²) in [7, 11) is 0. The SMILES string of the molecule is Cc1ccc(C(=O)N2[C@H](C(=O)[O-])COC23CCN(C(=O)C2CC2)CC3)cc1. The second-order valence-corrected chi connectivity index (χ2v) is 7.73. The Kier molecular flexibility index (Phi) is 4.42. The number of ether oxygens (including phenoxy) is 1. The molecule has 2 amide bonds. The van der Waals surface area contributed by atoms with E-state index in [1.807, 2.05) is 24.0 Å². The molecule has 144 valence electrons. The fourth-order valence-electron chi connectivity index (χ4n) is 4.05. The molecule has 1 aliphatic carbocycles. The normalized spacial score (nSPS) is 24.3. The van der Waals surface area contributed by atoms with Gasteiger partial charge in [0.05, 0.1) is 18.6 Å². The summed E-state index contributed by atoms with van der Waals surface area (Å²) in [5, 5.41) is 11.6. The molecule has 0 radical (unpaired) electrons. The fourth-order valence-corrected chi connectivity index (χ4v) is 4.05. The van der Waals surface area contributed by atoms with Gasteiger partial charge in [0.15, 0.2) is 0 Å². The molecule has 0 N–H and O–H groups in total.